The normalized spacial score (nSPS) is 11.9. The van der Waals surface area contributed by atoms with Crippen molar-refractivity contribution in [3.05, 3.63) is 23.5 Å². The Balaban J connectivity index is 1.99. The van der Waals surface area contributed by atoms with Crippen LogP contribution in [0.2, 0.25) is 0 Å². The van der Waals surface area contributed by atoms with Crippen molar-refractivity contribution in [2.45, 2.75) is 18.9 Å². The second-order valence-corrected chi connectivity index (χ2v) is 4.74. The summed E-state index contributed by atoms with van der Waals surface area (Å²) in [4.78, 5) is 27.6. The van der Waals surface area contributed by atoms with E-state index in [2.05, 4.69) is 16.2 Å². The van der Waals surface area contributed by atoms with E-state index in [1.165, 1.54) is 11.3 Å². The summed E-state index contributed by atoms with van der Waals surface area (Å²) in [5, 5.41) is 13.1. The van der Waals surface area contributed by atoms with Gasteiger partial charge in [-0.25, -0.2) is 9.78 Å². The summed E-state index contributed by atoms with van der Waals surface area (Å²) in [7, 11) is 0. The number of nitrogens with one attached hydrogen (secondary N) is 1. The summed E-state index contributed by atoms with van der Waals surface area (Å²) >= 11 is 1.46. The van der Waals surface area contributed by atoms with Crippen LogP contribution in [-0.2, 0) is 16.0 Å². The first-order chi connectivity index (χ1) is 9.10. The minimum atomic E-state index is -1.14. The molecule has 0 spiro atoms. The number of rotatable bonds is 5. The van der Waals surface area contributed by atoms with Crippen LogP contribution >= 0.6 is 11.3 Å². The Bertz CT molecular complexity index is 624. The molecular weight excluding hydrogens is 266 g/mol. The molecule has 98 valence electrons. The van der Waals surface area contributed by atoms with Crippen LogP contribution in [-0.4, -0.2) is 32.4 Å². The zero-order valence-corrected chi connectivity index (χ0v) is 10.7. The highest BCUT2D eigenvalue weighted by molar-refractivity contribution is 7.15. The molecule has 0 aromatic carbocycles. The fourth-order valence-corrected chi connectivity index (χ4v) is 2.31. The molecule has 6 nitrogen and oxygen atoms in total. The molecule has 1 amide bonds. The molecule has 0 aliphatic heterocycles. The number of hydrogen-bond donors (Lipinski definition) is 2. The van der Waals surface area contributed by atoms with Crippen molar-refractivity contribution in [1.82, 2.24) is 14.7 Å². The second-order valence-electron chi connectivity index (χ2n) is 3.87. The minimum absolute atomic E-state index is 0.0305. The molecule has 1 unspecified atom stereocenters. The molecule has 0 bridgehead atoms. The summed E-state index contributed by atoms with van der Waals surface area (Å²) in [5.41, 5.74) is 0.592. The molecule has 2 aromatic rings. The van der Waals surface area contributed by atoms with Crippen molar-refractivity contribution in [1.29, 1.82) is 0 Å². The molecule has 0 aliphatic rings. The molecule has 7 heteroatoms. The maximum atomic E-state index is 11.7. The standard InChI is InChI=1S/C12H11N3O3S/c1-2-3-9(11(17)18)14-10(16)6-8-7-15-4-5-19-12(15)13-8/h1,4-5,7,9H,3,6H2,(H,14,16)(H,17,18). The van der Waals surface area contributed by atoms with Crippen molar-refractivity contribution in [3.63, 3.8) is 0 Å². The number of thiazole rings is 1. The fourth-order valence-electron chi connectivity index (χ4n) is 1.59. The third kappa shape index (κ3) is 3.11. The monoisotopic (exact) mass is 277 g/mol. The predicted molar refractivity (Wildman–Crippen MR) is 69.8 cm³/mol. The Morgan fingerprint density at radius 2 is 2.42 bits per heavy atom. The highest BCUT2D eigenvalue weighted by Crippen LogP contribution is 2.11. The molecule has 0 saturated heterocycles. The number of fused-ring (bicyclic) bond motifs is 1. The van der Waals surface area contributed by atoms with Crippen LogP contribution in [0.1, 0.15) is 12.1 Å². The molecule has 0 aliphatic carbocycles. The minimum Gasteiger partial charge on any atom is -0.480 e. The van der Waals surface area contributed by atoms with Crippen LogP contribution < -0.4 is 5.32 Å². The first kappa shape index (κ1) is 13.1. The third-order valence-electron chi connectivity index (χ3n) is 2.44. The number of aromatic nitrogens is 2. The maximum Gasteiger partial charge on any atom is 0.327 e. The lowest BCUT2D eigenvalue weighted by Crippen LogP contribution is -2.41. The van der Waals surface area contributed by atoms with Gasteiger partial charge in [0.2, 0.25) is 5.91 Å². The van der Waals surface area contributed by atoms with Crippen molar-refractivity contribution >= 4 is 28.2 Å². The van der Waals surface area contributed by atoms with E-state index in [4.69, 9.17) is 11.5 Å². The van der Waals surface area contributed by atoms with E-state index in [0.717, 1.165) is 4.96 Å². The zero-order chi connectivity index (χ0) is 13.8. The Morgan fingerprint density at radius 3 is 3.05 bits per heavy atom. The zero-order valence-electron chi connectivity index (χ0n) is 9.87. The number of terminal acetylenes is 1. The van der Waals surface area contributed by atoms with Gasteiger partial charge in [-0.1, -0.05) is 0 Å². The van der Waals surface area contributed by atoms with Crippen molar-refractivity contribution < 1.29 is 14.7 Å². The fraction of sp³-hybridized carbons (Fsp3) is 0.250. The van der Waals surface area contributed by atoms with Crippen molar-refractivity contribution in [2.24, 2.45) is 0 Å². The van der Waals surface area contributed by atoms with Crippen LogP contribution in [0.4, 0.5) is 0 Å². The van der Waals surface area contributed by atoms with Crippen LogP contribution in [0.5, 0.6) is 0 Å². The topological polar surface area (TPSA) is 83.7 Å². The molecular formula is C12H11N3O3S. The molecule has 2 aromatic heterocycles. The molecule has 1 atom stereocenters. The molecule has 0 saturated carbocycles. The van der Waals surface area contributed by atoms with Crippen LogP contribution in [0, 0.1) is 12.3 Å². The van der Waals surface area contributed by atoms with Gasteiger partial charge in [0, 0.05) is 24.2 Å². The van der Waals surface area contributed by atoms with Gasteiger partial charge >= 0.3 is 5.97 Å². The maximum absolute atomic E-state index is 11.7. The number of carboxylic acids is 1. The van der Waals surface area contributed by atoms with Crippen molar-refractivity contribution in [3.8, 4) is 12.3 Å². The number of nitrogens with zero attached hydrogens (tertiary/aromatic N) is 2. The van der Waals surface area contributed by atoms with E-state index in [1.54, 1.807) is 6.20 Å². The number of aliphatic carboxylic acids is 1. The van der Waals surface area contributed by atoms with Gasteiger partial charge in [-0.2, -0.15) is 0 Å². The first-order valence-corrected chi connectivity index (χ1v) is 6.35. The molecule has 2 rings (SSSR count). The Morgan fingerprint density at radius 1 is 1.63 bits per heavy atom. The lowest BCUT2D eigenvalue weighted by atomic mass is 10.2. The molecule has 2 heterocycles. The van der Waals surface area contributed by atoms with E-state index in [0.29, 0.717) is 5.69 Å². The number of imidazole rings is 1. The highest BCUT2D eigenvalue weighted by atomic mass is 32.1. The summed E-state index contributed by atoms with van der Waals surface area (Å²) in [6, 6.07) is -1.05. The van der Waals surface area contributed by atoms with E-state index >= 15 is 0 Å². The van der Waals surface area contributed by atoms with Gasteiger partial charge in [0.15, 0.2) is 4.96 Å². The van der Waals surface area contributed by atoms with Crippen molar-refractivity contribution in [2.75, 3.05) is 0 Å². The third-order valence-corrected chi connectivity index (χ3v) is 3.21. The van der Waals surface area contributed by atoms with Gasteiger partial charge in [0.25, 0.3) is 0 Å². The van der Waals surface area contributed by atoms with E-state index in [9.17, 15) is 9.59 Å². The van der Waals surface area contributed by atoms with Gasteiger partial charge in [-0.15, -0.1) is 23.7 Å². The molecule has 2 N–H and O–H groups in total. The lowest BCUT2D eigenvalue weighted by molar-refractivity contribution is -0.141. The summed E-state index contributed by atoms with van der Waals surface area (Å²) in [5.74, 6) is 0.672. The van der Waals surface area contributed by atoms with E-state index in [1.807, 2.05) is 16.0 Å². The van der Waals surface area contributed by atoms with Crippen LogP contribution in [0.25, 0.3) is 4.96 Å². The van der Waals surface area contributed by atoms with Crippen LogP contribution in [0.3, 0.4) is 0 Å². The average molecular weight is 277 g/mol. The smallest absolute Gasteiger partial charge is 0.327 e. The Hall–Kier alpha value is -2.33. The molecule has 19 heavy (non-hydrogen) atoms. The van der Waals surface area contributed by atoms with Crippen LogP contribution in [0.15, 0.2) is 17.8 Å². The summed E-state index contributed by atoms with van der Waals surface area (Å²) < 4.78 is 1.81. The van der Waals surface area contributed by atoms with Gasteiger partial charge in [0.1, 0.15) is 6.04 Å². The molecule has 0 fully saturated rings. The number of hydrogen-bond acceptors (Lipinski definition) is 4. The predicted octanol–water partition coefficient (Wildman–Crippen LogP) is 0.531. The quantitative estimate of drug-likeness (QED) is 0.781. The van der Waals surface area contributed by atoms with E-state index in [-0.39, 0.29) is 12.8 Å². The Kier molecular flexibility index (Phi) is 3.82. The SMILES string of the molecule is C#CCC(NC(=O)Cc1cn2ccsc2n1)C(=O)O. The number of amides is 1. The Labute approximate surface area is 113 Å². The average Bonchev–Trinajstić information content (AvgIpc) is 2.88. The molecule has 0 radical (unpaired) electrons. The van der Waals surface area contributed by atoms with E-state index < -0.39 is 17.9 Å². The summed E-state index contributed by atoms with van der Waals surface area (Å²) in [6.07, 6.45) is 8.62. The largest absolute Gasteiger partial charge is 0.480 e. The van der Waals surface area contributed by atoms with Gasteiger partial charge in [-0.05, 0) is 0 Å². The number of carboxylic acid groups (broad SMARTS) is 1. The van der Waals surface area contributed by atoms with Gasteiger partial charge < -0.3 is 10.4 Å². The lowest BCUT2D eigenvalue weighted by Gasteiger charge is -2.10. The second kappa shape index (κ2) is 5.54. The summed E-state index contributed by atoms with van der Waals surface area (Å²) in [6.45, 7) is 0. The number of carbonyl (C=O) groups excluding carboxylic acids is 1. The van der Waals surface area contributed by atoms with Gasteiger partial charge in [-0.3, -0.25) is 9.20 Å². The number of carbonyl (C=O) groups is 2. The highest BCUT2D eigenvalue weighted by Gasteiger charge is 2.19. The first-order valence-electron chi connectivity index (χ1n) is 5.47. The van der Waals surface area contributed by atoms with Gasteiger partial charge in [0.05, 0.1) is 12.1 Å².